The number of halogens is 1. The second-order valence-corrected chi connectivity index (χ2v) is 5.27. The normalized spacial score (nSPS) is 14.6. The smallest absolute Gasteiger partial charge is 0.263 e. The zero-order valence-electron chi connectivity index (χ0n) is 10.5. The molecular weight excluding hydrogens is 254 g/mol. The molecule has 0 unspecified atom stereocenters. The van der Waals surface area contributed by atoms with E-state index in [9.17, 15) is 14.7 Å². The molecule has 0 bridgehead atoms. The summed E-state index contributed by atoms with van der Waals surface area (Å²) < 4.78 is 0. The van der Waals surface area contributed by atoms with Gasteiger partial charge in [-0.15, -0.1) is 0 Å². The summed E-state index contributed by atoms with van der Waals surface area (Å²) in [6, 6.07) is 1.51. The maximum atomic E-state index is 12.1. The Hall–Kier alpha value is -1.55. The highest BCUT2D eigenvalue weighted by molar-refractivity contribution is 6.38. The predicted molar refractivity (Wildman–Crippen MR) is 68.1 cm³/mol. The monoisotopic (exact) mass is 267 g/mol. The van der Waals surface area contributed by atoms with E-state index in [0.717, 1.165) is 0 Å². The van der Waals surface area contributed by atoms with Crippen LogP contribution in [0, 0.1) is 12.8 Å². The van der Waals surface area contributed by atoms with Crippen molar-refractivity contribution in [1.29, 1.82) is 0 Å². The van der Waals surface area contributed by atoms with E-state index in [4.69, 9.17) is 11.6 Å². The van der Waals surface area contributed by atoms with Crippen molar-refractivity contribution in [3.05, 3.63) is 27.8 Å². The minimum Gasteiger partial charge on any atom is -0.506 e. The molecule has 18 heavy (non-hydrogen) atoms. The Balaban J connectivity index is 2.56. The van der Waals surface area contributed by atoms with Crippen molar-refractivity contribution in [3.63, 3.8) is 0 Å². The second kappa shape index (κ2) is 4.28. The molecular formula is C13H14ClNO3. The first-order valence-corrected chi connectivity index (χ1v) is 6.10. The summed E-state index contributed by atoms with van der Waals surface area (Å²) >= 11 is 5.96. The van der Waals surface area contributed by atoms with Crippen LogP contribution in [0.5, 0.6) is 5.75 Å². The summed E-state index contributed by atoms with van der Waals surface area (Å²) in [5.41, 5.74) is 0.887. The SMILES string of the molecule is Cc1cc2c(c(Cl)c1O)C(=O)N(CC(C)C)C2=O. The largest absolute Gasteiger partial charge is 0.506 e. The van der Waals surface area contributed by atoms with Crippen molar-refractivity contribution in [2.45, 2.75) is 20.8 Å². The average Bonchev–Trinajstić information content (AvgIpc) is 2.51. The van der Waals surface area contributed by atoms with E-state index in [1.165, 1.54) is 11.0 Å². The van der Waals surface area contributed by atoms with Crippen molar-refractivity contribution in [1.82, 2.24) is 4.90 Å². The van der Waals surface area contributed by atoms with E-state index in [-0.39, 0.29) is 33.7 Å². The molecule has 0 spiro atoms. The van der Waals surface area contributed by atoms with E-state index < -0.39 is 5.91 Å². The number of carbonyl (C=O) groups is 2. The Kier molecular flexibility index (Phi) is 3.07. The summed E-state index contributed by atoms with van der Waals surface area (Å²) in [5, 5.41) is 9.70. The highest BCUT2D eigenvalue weighted by Crippen LogP contribution is 2.37. The lowest BCUT2D eigenvalue weighted by Gasteiger charge is -2.15. The molecule has 0 aliphatic carbocycles. The maximum absolute atomic E-state index is 12.1. The third-order valence-electron chi connectivity index (χ3n) is 2.91. The Morgan fingerprint density at radius 2 is 1.94 bits per heavy atom. The van der Waals surface area contributed by atoms with Crippen LogP contribution in [0.3, 0.4) is 0 Å². The number of phenols is 1. The Labute approximate surface area is 110 Å². The van der Waals surface area contributed by atoms with Gasteiger partial charge in [0.2, 0.25) is 0 Å². The quantitative estimate of drug-likeness (QED) is 0.838. The number of phenolic OH excluding ortho intramolecular Hbond substituents is 1. The van der Waals surface area contributed by atoms with Gasteiger partial charge in [-0.3, -0.25) is 14.5 Å². The summed E-state index contributed by atoms with van der Waals surface area (Å²) in [6.45, 7) is 5.84. The lowest BCUT2D eigenvalue weighted by atomic mass is 10.1. The van der Waals surface area contributed by atoms with Crippen LogP contribution in [-0.4, -0.2) is 28.4 Å². The van der Waals surface area contributed by atoms with Crippen molar-refractivity contribution >= 4 is 23.4 Å². The molecule has 0 saturated carbocycles. The number of hydrogen-bond donors (Lipinski definition) is 1. The van der Waals surface area contributed by atoms with Crippen LogP contribution >= 0.6 is 11.6 Å². The van der Waals surface area contributed by atoms with E-state index in [1.807, 2.05) is 13.8 Å². The predicted octanol–water partition coefficient (Wildman–Crippen LogP) is 2.61. The summed E-state index contributed by atoms with van der Waals surface area (Å²) in [5.74, 6) is -0.721. The molecule has 96 valence electrons. The van der Waals surface area contributed by atoms with Crippen LogP contribution < -0.4 is 0 Å². The number of aromatic hydroxyl groups is 1. The van der Waals surface area contributed by atoms with Crippen molar-refractivity contribution in [3.8, 4) is 5.75 Å². The molecule has 1 heterocycles. The number of nitrogens with zero attached hydrogens (tertiary/aromatic N) is 1. The first kappa shape index (κ1) is 12.9. The number of rotatable bonds is 2. The minimum atomic E-state index is -0.427. The topological polar surface area (TPSA) is 57.6 Å². The molecule has 1 aliphatic rings. The summed E-state index contributed by atoms with van der Waals surface area (Å²) in [6.07, 6.45) is 0. The third kappa shape index (κ3) is 1.77. The number of benzene rings is 1. The lowest BCUT2D eigenvalue weighted by Crippen LogP contribution is -2.33. The number of carbonyl (C=O) groups excluding carboxylic acids is 2. The number of hydrogen-bond acceptors (Lipinski definition) is 3. The van der Waals surface area contributed by atoms with Crippen LogP contribution in [0.25, 0.3) is 0 Å². The zero-order chi connectivity index (χ0) is 13.6. The number of aryl methyl sites for hydroxylation is 1. The molecule has 0 fully saturated rings. The highest BCUT2D eigenvalue weighted by atomic mass is 35.5. The van der Waals surface area contributed by atoms with E-state index >= 15 is 0 Å². The van der Waals surface area contributed by atoms with Gasteiger partial charge in [0.1, 0.15) is 5.75 Å². The van der Waals surface area contributed by atoms with Gasteiger partial charge in [0.25, 0.3) is 11.8 Å². The summed E-state index contributed by atoms with van der Waals surface area (Å²) in [7, 11) is 0. The van der Waals surface area contributed by atoms with Crippen LogP contribution in [0.2, 0.25) is 5.02 Å². The number of imide groups is 1. The molecule has 1 aromatic rings. The van der Waals surface area contributed by atoms with Crippen molar-refractivity contribution < 1.29 is 14.7 Å². The molecule has 1 aliphatic heterocycles. The molecule has 2 amide bonds. The average molecular weight is 268 g/mol. The fourth-order valence-electron chi connectivity index (χ4n) is 2.05. The Morgan fingerprint density at radius 3 is 2.50 bits per heavy atom. The van der Waals surface area contributed by atoms with Gasteiger partial charge in [0.05, 0.1) is 16.1 Å². The van der Waals surface area contributed by atoms with Crippen LogP contribution in [0.4, 0.5) is 0 Å². The Morgan fingerprint density at radius 1 is 1.33 bits per heavy atom. The standard InChI is InChI=1S/C13H14ClNO3/c1-6(2)5-15-12(17)8-4-7(3)11(16)10(14)9(8)13(15)18/h4,6,16H,5H2,1-3H3. The summed E-state index contributed by atoms with van der Waals surface area (Å²) in [4.78, 5) is 25.4. The second-order valence-electron chi connectivity index (χ2n) is 4.89. The number of amides is 2. The number of fused-ring (bicyclic) bond motifs is 1. The van der Waals surface area contributed by atoms with Gasteiger partial charge in [0.15, 0.2) is 0 Å². The van der Waals surface area contributed by atoms with Crippen molar-refractivity contribution in [2.75, 3.05) is 6.54 Å². The maximum Gasteiger partial charge on any atom is 0.263 e. The Bertz CT molecular complexity index is 552. The molecule has 2 rings (SSSR count). The lowest BCUT2D eigenvalue weighted by molar-refractivity contribution is 0.0636. The van der Waals surface area contributed by atoms with Crippen LogP contribution in [0.1, 0.15) is 40.1 Å². The molecule has 0 saturated heterocycles. The third-order valence-corrected chi connectivity index (χ3v) is 3.28. The van der Waals surface area contributed by atoms with Gasteiger partial charge in [-0.25, -0.2) is 0 Å². The fraction of sp³-hybridized carbons (Fsp3) is 0.385. The molecule has 0 aromatic heterocycles. The fourth-order valence-corrected chi connectivity index (χ4v) is 2.38. The molecule has 5 heteroatoms. The molecule has 0 radical (unpaired) electrons. The van der Waals surface area contributed by atoms with Crippen LogP contribution in [-0.2, 0) is 0 Å². The van der Waals surface area contributed by atoms with Gasteiger partial charge < -0.3 is 5.11 Å². The van der Waals surface area contributed by atoms with E-state index in [0.29, 0.717) is 12.1 Å². The van der Waals surface area contributed by atoms with Gasteiger partial charge in [-0.05, 0) is 24.5 Å². The van der Waals surface area contributed by atoms with Crippen LogP contribution in [0.15, 0.2) is 6.07 Å². The molecule has 1 N–H and O–H groups in total. The highest BCUT2D eigenvalue weighted by Gasteiger charge is 2.38. The first-order chi connectivity index (χ1) is 8.34. The molecule has 1 aromatic carbocycles. The van der Waals surface area contributed by atoms with Gasteiger partial charge in [0, 0.05) is 6.54 Å². The molecule has 4 nitrogen and oxygen atoms in total. The van der Waals surface area contributed by atoms with Gasteiger partial charge >= 0.3 is 0 Å². The van der Waals surface area contributed by atoms with Gasteiger partial charge in [-0.1, -0.05) is 25.4 Å². The first-order valence-electron chi connectivity index (χ1n) is 5.72. The molecule has 0 atom stereocenters. The van der Waals surface area contributed by atoms with Gasteiger partial charge in [-0.2, -0.15) is 0 Å². The van der Waals surface area contributed by atoms with E-state index in [2.05, 4.69) is 0 Å². The zero-order valence-corrected chi connectivity index (χ0v) is 11.2. The minimum absolute atomic E-state index is 0.0328. The van der Waals surface area contributed by atoms with E-state index in [1.54, 1.807) is 6.92 Å². The van der Waals surface area contributed by atoms with Crippen molar-refractivity contribution in [2.24, 2.45) is 5.92 Å².